The van der Waals surface area contributed by atoms with Crippen molar-refractivity contribution < 1.29 is 0 Å². The third-order valence-electron chi connectivity index (χ3n) is 3.79. The Balaban J connectivity index is 2.90. The van der Waals surface area contributed by atoms with Gasteiger partial charge in [-0.05, 0) is 49.3 Å². The lowest BCUT2D eigenvalue weighted by atomic mass is 10.1. The Kier molecular flexibility index (Phi) is 7.55. The van der Waals surface area contributed by atoms with Crippen molar-refractivity contribution in [1.82, 2.24) is 0 Å². The van der Waals surface area contributed by atoms with Crippen LogP contribution >= 0.6 is 11.6 Å². The van der Waals surface area contributed by atoms with Crippen molar-refractivity contribution in [2.24, 2.45) is 17.6 Å². The van der Waals surface area contributed by atoms with Crippen molar-refractivity contribution in [2.75, 3.05) is 18.0 Å². The molecule has 0 aliphatic rings. The average molecular weight is 311 g/mol. The molecule has 1 atom stereocenters. The zero-order valence-corrected chi connectivity index (χ0v) is 15.0. The van der Waals surface area contributed by atoms with Gasteiger partial charge >= 0.3 is 0 Å². The van der Waals surface area contributed by atoms with Crippen LogP contribution in [0.4, 0.5) is 5.69 Å². The molecule has 0 bridgehead atoms. The molecule has 1 aromatic rings. The molecule has 0 aromatic heterocycles. The summed E-state index contributed by atoms with van der Waals surface area (Å²) >= 11 is 6.50. The zero-order chi connectivity index (χ0) is 16.0. The maximum Gasteiger partial charge on any atom is 0.0642 e. The summed E-state index contributed by atoms with van der Waals surface area (Å²) in [6, 6.07) is 6.27. The largest absolute Gasteiger partial charge is 0.370 e. The summed E-state index contributed by atoms with van der Waals surface area (Å²) in [5.74, 6) is 1.40. The van der Waals surface area contributed by atoms with Crippen molar-refractivity contribution in [3.8, 4) is 0 Å². The van der Waals surface area contributed by atoms with E-state index < -0.39 is 0 Å². The van der Waals surface area contributed by atoms with Gasteiger partial charge in [0.2, 0.25) is 0 Å². The third kappa shape index (κ3) is 6.27. The number of rotatable bonds is 8. The molecule has 0 heterocycles. The summed E-state index contributed by atoms with van der Waals surface area (Å²) in [6.45, 7) is 13.2. The molecule has 0 saturated heterocycles. The first-order valence-corrected chi connectivity index (χ1v) is 8.49. The van der Waals surface area contributed by atoms with Crippen LogP contribution in [0.25, 0.3) is 0 Å². The van der Waals surface area contributed by atoms with Crippen molar-refractivity contribution in [2.45, 2.75) is 53.5 Å². The fourth-order valence-corrected chi connectivity index (χ4v) is 2.55. The predicted octanol–water partition coefficient (Wildman–Crippen LogP) is 5.26. The Morgan fingerprint density at radius 3 is 1.90 bits per heavy atom. The molecule has 0 fully saturated rings. The predicted molar refractivity (Wildman–Crippen MR) is 95.2 cm³/mol. The minimum atomic E-state index is 0.0244. The van der Waals surface area contributed by atoms with Crippen LogP contribution in [0, 0.1) is 11.8 Å². The highest BCUT2D eigenvalue weighted by Crippen LogP contribution is 2.29. The summed E-state index contributed by atoms with van der Waals surface area (Å²) in [5.41, 5.74) is 8.17. The van der Waals surface area contributed by atoms with E-state index >= 15 is 0 Å². The molecule has 120 valence electrons. The summed E-state index contributed by atoms with van der Waals surface area (Å²) < 4.78 is 0. The fourth-order valence-electron chi connectivity index (χ4n) is 2.24. The Bertz CT molecular complexity index is 415. The van der Waals surface area contributed by atoms with Crippen LogP contribution in [0.2, 0.25) is 5.02 Å². The maximum absolute atomic E-state index is 6.50. The van der Waals surface area contributed by atoms with E-state index in [4.69, 9.17) is 17.3 Å². The second-order valence-electron chi connectivity index (χ2n) is 6.85. The smallest absolute Gasteiger partial charge is 0.0642 e. The van der Waals surface area contributed by atoms with E-state index in [2.05, 4.69) is 44.7 Å². The second kappa shape index (κ2) is 8.65. The van der Waals surface area contributed by atoms with E-state index in [-0.39, 0.29) is 6.04 Å². The molecule has 1 rings (SSSR count). The Hall–Kier alpha value is -0.730. The molecule has 0 saturated carbocycles. The second-order valence-corrected chi connectivity index (χ2v) is 7.26. The van der Waals surface area contributed by atoms with Crippen molar-refractivity contribution in [1.29, 1.82) is 0 Å². The highest BCUT2D eigenvalue weighted by Gasteiger charge is 2.13. The molecular weight excluding hydrogens is 280 g/mol. The van der Waals surface area contributed by atoms with Gasteiger partial charge in [0.25, 0.3) is 0 Å². The van der Waals surface area contributed by atoms with Gasteiger partial charge in [0, 0.05) is 19.1 Å². The van der Waals surface area contributed by atoms with Gasteiger partial charge in [-0.15, -0.1) is 0 Å². The topological polar surface area (TPSA) is 29.3 Å². The van der Waals surface area contributed by atoms with Crippen LogP contribution in [0.5, 0.6) is 0 Å². The number of nitrogens with zero attached hydrogens (tertiary/aromatic N) is 1. The minimum absolute atomic E-state index is 0.0244. The van der Waals surface area contributed by atoms with Crippen molar-refractivity contribution in [3.63, 3.8) is 0 Å². The van der Waals surface area contributed by atoms with Gasteiger partial charge < -0.3 is 10.6 Å². The lowest BCUT2D eigenvalue weighted by Gasteiger charge is -2.28. The van der Waals surface area contributed by atoms with E-state index in [0.29, 0.717) is 11.8 Å². The Morgan fingerprint density at radius 2 is 1.52 bits per heavy atom. The van der Waals surface area contributed by atoms with Gasteiger partial charge in [-0.3, -0.25) is 0 Å². The number of nitrogens with two attached hydrogens (primary N) is 1. The summed E-state index contributed by atoms with van der Waals surface area (Å²) in [5, 5.41) is 0.817. The molecule has 0 amide bonds. The van der Waals surface area contributed by atoms with Gasteiger partial charge in [0.1, 0.15) is 0 Å². The van der Waals surface area contributed by atoms with Crippen molar-refractivity contribution in [3.05, 3.63) is 28.8 Å². The van der Waals surface area contributed by atoms with E-state index in [0.717, 1.165) is 29.4 Å². The molecule has 0 radical (unpaired) electrons. The van der Waals surface area contributed by atoms with Crippen molar-refractivity contribution >= 4 is 17.3 Å². The summed E-state index contributed by atoms with van der Waals surface area (Å²) in [7, 11) is 0. The molecule has 0 aliphatic carbocycles. The van der Waals surface area contributed by atoms with E-state index in [9.17, 15) is 0 Å². The van der Waals surface area contributed by atoms with E-state index in [1.54, 1.807) is 0 Å². The highest BCUT2D eigenvalue weighted by molar-refractivity contribution is 6.33. The van der Waals surface area contributed by atoms with Gasteiger partial charge in [-0.2, -0.15) is 0 Å². The van der Waals surface area contributed by atoms with E-state index in [1.807, 2.05) is 13.0 Å². The minimum Gasteiger partial charge on any atom is -0.370 e. The molecule has 21 heavy (non-hydrogen) atoms. The Labute approximate surface area is 135 Å². The molecule has 0 unspecified atom stereocenters. The molecule has 0 aliphatic heterocycles. The van der Waals surface area contributed by atoms with E-state index in [1.165, 1.54) is 12.8 Å². The SMILES string of the molecule is CC(C)CCN(CCC(C)C)c1ccc([C@H](C)N)cc1Cl. The van der Waals surface area contributed by atoms with Crippen LogP contribution in [0.3, 0.4) is 0 Å². The van der Waals surface area contributed by atoms with Crippen LogP contribution in [0.15, 0.2) is 18.2 Å². The highest BCUT2D eigenvalue weighted by atomic mass is 35.5. The maximum atomic E-state index is 6.50. The Morgan fingerprint density at radius 1 is 1.00 bits per heavy atom. The first kappa shape index (κ1) is 18.3. The quantitative estimate of drug-likeness (QED) is 0.709. The first-order valence-electron chi connectivity index (χ1n) is 8.11. The summed E-state index contributed by atoms with van der Waals surface area (Å²) in [4.78, 5) is 2.42. The standard InChI is InChI=1S/C18H31ClN2/c1-13(2)8-10-21(11-9-14(3)4)18-7-6-16(15(5)20)12-17(18)19/h6-7,12-15H,8-11,20H2,1-5H3/t15-/m0/s1. The first-order chi connectivity index (χ1) is 9.81. The number of anilines is 1. The lowest BCUT2D eigenvalue weighted by molar-refractivity contribution is 0.535. The third-order valence-corrected chi connectivity index (χ3v) is 4.09. The summed E-state index contributed by atoms with van der Waals surface area (Å²) in [6.07, 6.45) is 2.37. The molecular formula is C18H31ClN2. The van der Waals surface area contributed by atoms with Gasteiger partial charge in [-0.25, -0.2) is 0 Å². The number of hydrogen-bond acceptors (Lipinski definition) is 2. The lowest BCUT2D eigenvalue weighted by Crippen LogP contribution is -2.28. The van der Waals surface area contributed by atoms with Crippen LogP contribution in [0.1, 0.15) is 59.1 Å². The normalized spacial score (nSPS) is 13.0. The zero-order valence-electron chi connectivity index (χ0n) is 14.2. The molecule has 1 aromatic carbocycles. The number of benzene rings is 1. The molecule has 2 nitrogen and oxygen atoms in total. The van der Waals surface area contributed by atoms with Crippen LogP contribution in [-0.2, 0) is 0 Å². The van der Waals surface area contributed by atoms with Gasteiger partial charge in [0.15, 0.2) is 0 Å². The number of hydrogen-bond donors (Lipinski definition) is 1. The average Bonchev–Trinajstić information content (AvgIpc) is 2.38. The van der Waals surface area contributed by atoms with Gasteiger partial charge in [-0.1, -0.05) is 45.4 Å². The molecule has 2 N–H and O–H groups in total. The van der Waals surface area contributed by atoms with Gasteiger partial charge in [0.05, 0.1) is 10.7 Å². The monoisotopic (exact) mass is 310 g/mol. The van der Waals surface area contributed by atoms with Crippen LogP contribution < -0.4 is 10.6 Å². The fraction of sp³-hybridized carbons (Fsp3) is 0.667. The molecule has 0 spiro atoms. The molecule has 3 heteroatoms. The van der Waals surface area contributed by atoms with Crippen LogP contribution in [-0.4, -0.2) is 13.1 Å². The number of halogens is 1.